The smallest absolute Gasteiger partial charge is 0.291 e. The SMILES string of the molecule is O=c1c(=Cc2cccs2)sc2nc(C3COc4ccccc4O3)nn12. The van der Waals surface area contributed by atoms with Crippen LogP contribution >= 0.6 is 22.7 Å². The van der Waals surface area contributed by atoms with E-state index >= 15 is 0 Å². The number of rotatable bonds is 2. The molecule has 124 valence electrons. The maximum atomic E-state index is 12.5. The van der Waals surface area contributed by atoms with Gasteiger partial charge >= 0.3 is 0 Å². The van der Waals surface area contributed by atoms with Crippen LogP contribution in [-0.2, 0) is 0 Å². The third kappa shape index (κ3) is 2.50. The summed E-state index contributed by atoms with van der Waals surface area (Å²) in [6.07, 6.45) is 1.44. The first kappa shape index (κ1) is 14.6. The summed E-state index contributed by atoms with van der Waals surface area (Å²) in [6.45, 7) is 0.317. The number of benzene rings is 1. The first-order valence-electron chi connectivity index (χ1n) is 7.61. The number of nitrogens with zero attached hydrogens (tertiary/aromatic N) is 3. The van der Waals surface area contributed by atoms with E-state index < -0.39 is 6.10 Å². The van der Waals surface area contributed by atoms with Gasteiger partial charge in [0.25, 0.3) is 5.56 Å². The first-order chi connectivity index (χ1) is 12.3. The second kappa shape index (κ2) is 5.68. The summed E-state index contributed by atoms with van der Waals surface area (Å²) >= 11 is 2.91. The van der Waals surface area contributed by atoms with Gasteiger partial charge in [-0.1, -0.05) is 29.5 Å². The lowest BCUT2D eigenvalue weighted by Gasteiger charge is -2.24. The van der Waals surface area contributed by atoms with Gasteiger partial charge in [-0.05, 0) is 29.7 Å². The van der Waals surface area contributed by atoms with Crippen molar-refractivity contribution in [2.24, 2.45) is 0 Å². The summed E-state index contributed by atoms with van der Waals surface area (Å²) in [5.41, 5.74) is -0.163. The van der Waals surface area contributed by atoms with Crippen molar-refractivity contribution >= 4 is 33.7 Å². The summed E-state index contributed by atoms with van der Waals surface area (Å²) < 4.78 is 13.6. The van der Waals surface area contributed by atoms with Crippen LogP contribution in [-0.4, -0.2) is 21.2 Å². The number of fused-ring (bicyclic) bond motifs is 2. The highest BCUT2D eigenvalue weighted by atomic mass is 32.1. The number of thiazole rings is 1. The number of aromatic nitrogens is 3. The molecule has 25 heavy (non-hydrogen) atoms. The Bertz CT molecular complexity index is 1160. The molecule has 1 atom stereocenters. The Kier molecular flexibility index (Phi) is 3.32. The average Bonchev–Trinajstić information content (AvgIpc) is 3.35. The molecule has 3 aromatic heterocycles. The van der Waals surface area contributed by atoms with Crippen LogP contribution in [0.1, 0.15) is 16.8 Å². The van der Waals surface area contributed by atoms with Crippen molar-refractivity contribution in [1.82, 2.24) is 14.6 Å². The van der Waals surface area contributed by atoms with E-state index in [0.717, 1.165) is 4.88 Å². The van der Waals surface area contributed by atoms with Crippen molar-refractivity contribution in [1.29, 1.82) is 0 Å². The molecule has 0 saturated heterocycles. The van der Waals surface area contributed by atoms with Gasteiger partial charge in [0.2, 0.25) is 4.96 Å². The fourth-order valence-electron chi connectivity index (χ4n) is 2.63. The molecule has 0 aliphatic carbocycles. The quantitative estimate of drug-likeness (QED) is 0.542. The molecule has 0 bridgehead atoms. The molecule has 0 N–H and O–H groups in total. The number of hydrogen-bond acceptors (Lipinski definition) is 7. The first-order valence-corrected chi connectivity index (χ1v) is 9.31. The van der Waals surface area contributed by atoms with Gasteiger partial charge in [-0.25, -0.2) is 0 Å². The zero-order valence-corrected chi connectivity index (χ0v) is 14.4. The molecule has 4 heterocycles. The molecule has 0 radical (unpaired) electrons. The molecule has 0 spiro atoms. The largest absolute Gasteiger partial charge is 0.485 e. The third-order valence-corrected chi connectivity index (χ3v) is 5.59. The molecule has 1 unspecified atom stereocenters. The van der Waals surface area contributed by atoms with E-state index in [1.165, 1.54) is 15.9 Å². The Morgan fingerprint density at radius 1 is 1.20 bits per heavy atom. The number of ether oxygens (including phenoxy) is 2. The van der Waals surface area contributed by atoms with Crippen LogP contribution < -0.4 is 19.6 Å². The summed E-state index contributed by atoms with van der Waals surface area (Å²) in [6, 6.07) is 11.4. The van der Waals surface area contributed by atoms with E-state index in [1.807, 2.05) is 47.9 Å². The molecule has 0 amide bonds. The highest BCUT2D eigenvalue weighted by Gasteiger charge is 2.26. The fraction of sp³-hybridized carbons (Fsp3) is 0.118. The molecular weight excluding hydrogens is 358 g/mol. The summed E-state index contributed by atoms with van der Waals surface area (Å²) in [4.78, 5) is 18.6. The Hall–Kier alpha value is -2.71. The Labute approximate surface area is 149 Å². The van der Waals surface area contributed by atoms with Gasteiger partial charge in [0.15, 0.2) is 23.4 Å². The van der Waals surface area contributed by atoms with Crippen LogP contribution in [0.5, 0.6) is 11.5 Å². The van der Waals surface area contributed by atoms with Crippen LogP contribution in [0, 0.1) is 0 Å². The van der Waals surface area contributed by atoms with E-state index in [2.05, 4.69) is 10.1 Å². The monoisotopic (exact) mass is 369 g/mol. The Morgan fingerprint density at radius 2 is 2.08 bits per heavy atom. The minimum Gasteiger partial charge on any atom is -0.485 e. The number of para-hydroxylation sites is 2. The van der Waals surface area contributed by atoms with Gasteiger partial charge < -0.3 is 9.47 Å². The second-order valence-electron chi connectivity index (χ2n) is 5.46. The van der Waals surface area contributed by atoms with Crippen molar-refractivity contribution in [3.05, 3.63) is 67.4 Å². The molecule has 4 aromatic rings. The molecule has 1 aliphatic rings. The van der Waals surface area contributed by atoms with Crippen molar-refractivity contribution in [2.45, 2.75) is 6.10 Å². The molecule has 6 nitrogen and oxygen atoms in total. The third-order valence-electron chi connectivity index (χ3n) is 3.81. The summed E-state index contributed by atoms with van der Waals surface area (Å²) in [5, 5.41) is 6.32. The molecule has 0 fully saturated rings. The predicted octanol–water partition coefficient (Wildman–Crippen LogP) is 2.27. The van der Waals surface area contributed by atoms with Gasteiger partial charge in [-0.2, -0.15) is 9.50 Å². The van der Waals surface area contributed by atoms with Gasteiger partial charge in [0, 0.05) is 4.88 Å². The van der Waals surface area contributed by atoms with Crippen molar-refractivity contribution in [3.63, 3.8) is 0 Å². The predicted molar refractivity (Wildman–Crippen MR) is 95.5 cm³/mol. The van der Waals surface area contributed by atoms with Gasteiger partial charge in [-0.3, -0.25) is 4.79 Å². The summed E-state index contributed by atoms with van der Waals surface area (Å²) in [7, 11) is 0. The zero-order valence-electron chi connectivity index (χ0n) is 12.8. The lowest BCUT2D eigenvalue weighted by molar-refractivity contribution is 0.0852. The van der Waals surface area contributed by atoms with E-state index in [0.29, 0.717) is 33.4 Å². The molecule has 8 heteroatoms. The lowest BCUT2D eigenvalue weighted by atomic mass is 10.2. The standard InChI is InChI=1S/C17H11N3O3S2/c21-16-14(8-10-4-3-7-24-10)25-17-18-15(19-20(16)17)13-9-22-11-5-1-2-6-12(11)23-13/h1-8,13H,9H2. The van der Waals surface area contributed by atoms with Gasteiger partial charge in [0.05, 0.1) is 4.53 Å². The van der Waals surface area contributed by atoms with E-state index in [1.54, 1.807) is 11.3 Å². The molecule has 5 rings (SSSR count). The Balaban J connectivity index is 1.51. The molecular formula is C17H11N3O3S2. The van der Waals surface area contributed by atoms with Gasteiger partial charge in [-0.15, -0.1) is 16.4 Å². The maximum Gasteiger partial charge on any atom is 0.291 e. The minimum absolute atomic E-state index is 0.163. The zero-order chi connectivity index (χ0) is 16.8. The summed E-state index contributed by atoms with van der Waals surface area (Å²) in [5.74, 6) is 1.82. The highest BCUT2D eigenvalue weighted by Crippen LogP contribution is 2.35. The molecule has 1 aromatic carbocycles. The van der Waals surface area contributed by atoms with Crippen LogP contribution in [0.2, 0.25) is 0 Å². The fourth-order valence-corrected chi connectivity index (χ4v) is 4.27. The van der Waals surface area contributed by atoms with Crippen LogP contribution in [0.3, 0.4) is 0 Å². The van der Waals surface area contributed by atoms with Crippen molar-refractivity contribution < 1.29 is 9.47 Å². The number of hydrogen-bond donors (Lipinski definition) is 0. The average molecular weight is 369 g/mol. The van der Waals surface area contributed by atoms with Crippen molar-refractivity contribution in [3.8, 4) is 11.5 Å². The topological polar surface area (TPSA) is 65.7 Å². The van der Waals surface area contributed by atoms with E-state index in [9.17, 15) is 4.79 Å². The second-order valence-corrected chi connectivity index (χ2v) is 7.45. The normalized spacial score (nSPS) is 17.3. The van der Waals surface area contributed by atoms with Crippen LogP contribution in [0.25, 0.3) is 11.0 Å². The molecule has 1 aliphatic heterocycles. The van der Waals surface area contributed by atoms with Gasteiger partial charge in [0.1, 0.15) is 6.61 Å². The van der Waals surface area contributed by atoms with Crippen LogP contribution in [0.15, 0.2) is 46.6 Å². The Morgan fingerprint density at radius 3 is 2.88 bits per heavy atom. The lowest BCUT2D eigenvalue weighted by Crippen LogP contribution is -2.26. The van der Waals surface area contributed by atoms with Crippen molar-refractivity contribution in [2.75, 3.05) is 6.61 Å². The number of thiophene rings is 1. The molecule has 0 saturated carbocycles. The van der Waals surface area contributed by atoms with E-state index in [4.69, 9.17) is 9.47 Å². The van der Waals surface area contributed by atoms with E-state index in [-0.39, 0.29) is 5.56 Å². The highest BCUT2D eigenvalue weighted by molar-refractivity contribution is 7.15. The maximum absolute atomic E-state index is 12.5. The minimum atomic E-state index is -0.425. The van der Waals surface area contributed by atoms with Crippen LogP contribution in [0.4, 0.5) is 0 Å².